The Balaban J connectivity index is 1.96. The van der Waals surface area contributed by atoms with Gasteiger partial charge in [0.1, 0.15) is 0 Å². The van der Waals surface area contributed by atoms with Crippen molar-refractivity contribution in [2.24, 2.45) is 23.7 Å². The van der Waals surface area contributed by atoms with E-state index < -0.39 is 0 Å². The fourth-order valence-electron chi connectivity index (χ4n) is 4.33. The third-order valence-electron chi connectivity index (χ3n) is 5.78. The van der Waals surface area contributed by atoms with Crippen molar-refractivity contribution < 1.29 is 5.11 Å². The van der Waals surface area contributed by atoms with Gasteiger partial charge in [0.05, 0.1) is 5.60 Å². The summed E-state index contributed by atoms with van der Waals surface area (Å²) in [6.07, 6.45) is 10.1. The highest BCUT2D eigenvalue weighted by Crippen LogP contribution is 2.47. The Hall–Kier alpha value is -0.0400. The first-order valence-electron chi connectivity index (χ1n) is 7.78. The van der Waals surface area contributed by atoms with Crippen molar-refractivity contribution >= 4 is 0 Å². The van der Waals surface area contributed by atoms with Gasteiger partial charge in [-0.05, 0) is 55.8 Å². The second kappa shape index (κ2) is 5.30. The standard InChI is InChI=1S/C16H30O/c1-4-14-5-7-15(8-6-14)16(17)10-9-12(2)11-13(16)3/h12-15,17H,4-11H2,1-3H3. The molecule has 0 saturated heterocycles. The zero-order valence-electron chi connectivity index (χ0n) is 11.9. The first-order valence-corrected chi connectivity index (χ1v) is 7.78. The van der Waals surface area contributed by atoms with Crippen LogP contribution in [0.1, 0.15) is 72.1 Å². The van der Waals surface area contributed by atoms with Crippen molar-refractivity contribution in [2.45, 2.75) is 77.7 Å². The van der Waals surface area contributed by atoms with Gasteiger partial charge in [0.15, 0.2) is 0 Å². The fourth-order valence-corrected chi connectivity index (χ4v) is 4.33. The van der Waals surface area contributed by atoms with E-state index >= 15 is 0 Å². The molecule has 2 rings (SSSR count). The Kier molecular flexibility index (Phi) is 4.18. The van der Waals surface area contributed by atoms with Crippen LogP contribution < -0.4 is 0 Å². The largest absolute Gasteiger partial charge is 0.389 e. The molecule has 1 heteroatoms. The van der Waals surface area contributed by atoms with Crippen molar-refractivity contribution in [2.75, 3.05) is 0 Å². The average Bonchev–Trinajstić information content (AvgIpc) is 2.34. The number of rotatable bonds is 2. The topological polar surface area (TPSA) is 20.2 Å². The molecule has 0 aliphatic heterocycles. The lowest BCUT2D eigenvalue weighted by Crippen LogP contribution is -2.48. The van der Waals surface area contributed by atoms with Crippen molar-refractivity contribution in [1.29, 1.82) is 0 Å². The molecule has 0 heterocycles. The number of hydrogen-bond donors (Lipinski definition) is 1. The molecule has 2 saturated carbocycles. The Morgan fingerprint density at radius 2 is 1.71 bits per heavy atom. The van der Waals surface area contributed by atoms with Gasteiger partial charge in [0.2, 0.25) is 0 Å². The van der Waals surface area contributed by atoms with Crippen LogP contribution >= 0.6 is 0 Å². The van der Waals surface area contributed by atoms with Crippen LogP contribution in [-0.2, 0) is 0 Å². The van der Waals surface area contributed by atoms with Crippen LogP contribution in [-0.4, -0.2) is 10.7 Å². The van der Waals surface area contributed by atoms with E-state index in [9.17, 15) is 5.11 Å². The first kappa shape index (κ1) is 13.4. The summed E-state index contributed by atoms with van der Waals surface area (Å²) in [6, 6.07) is 0. The van der Waals surface area contributed by atoms with Crippen LogP contribution in [0.2, 0.25) is 0 Å². The molecule has 0 radical (unpaired) electrons. The summed E-state index contributed by atoms with van der Waals surface area (Å²) in [7, 11) is 0. The zero-order chi connectivity index (χ0) is 12.5. The van der Waals surface area contributed by atoms with Crippen molar-refractivity contribution in [3.05, 3.63) is 0 Å². The van der Waals surface area contributed by atoms with Crippen LogP contribution in [0.15, 0.2) is 0 Å². The molecule has 0 aromatic rings. The number of aliphatic hydroxyl groups is 1. The third kappa shape index (κ3) is 2.70. The Bertz CT molecular complexity index is 242. The van der Waals surface area contributed by atoms with Gasteiger partial charge in [-0.25, -0.2) is 0 Å². The SMILES string of the molecule is CCC1CCC(C2(O)CCC(C)CC2C)CC1. The summed E-state index contributed by atoms with van der Waals surface area (Å²) in [6.45, 7) is 6.93. The quantitative estimate of drug-likeness (QED) is 0.756. The van der Waals surface area contributed by atoms with Crippen LogP contribution in [0.25, 0.3) is 0 Å². The van der Waals surface area contributed by atoms with E-state index in [2.05, 4.69) is 20.8 Å². The molecule has 17 heavy (non-hydrogen) atoms. The van der Waals surface area contributed by atoms with E-state index in [0.717, 1.165) is 18.3 Å². The highest BCUT2D eigenvalue weighted by atomic mass is 16.3. The van der Waals surface area contributed by atoms with Crippen molar-refractivity contribution in [3.63, 3.8) is 0 Å². The molecule has 2 fully saturated rings. The van der Waals surface area contributed by atoms with Gasteiger partial charge < -0.3 is 5.11 Å². The summed E-state index contributed by atoms with van der Waals surface area (Å²) in [5.74, 6) is 2.85. The fraction of sp³-hybridized carbons (Fsp3) is 1.00. The van der Waals surface area contributed by atoms with E-state index in [0.29, 0.717) is 11.8 Å². The van der Waals surface area contributed by atoms with E-state index in [4.69, 9.17) is 0 Å². The molecule has 3 atom stereocenters. The Labute approximate surface area is 107 Å². The maximum atomic E-state index is 11.0. The van der Waals surface area contributed by atoms with Gasteiger partial charge >= 0.3 is 0 Å². The molecule has 1 N–H and O–H groups in total. The Morgan fingerprint density at radius 1 is 1.06 bits per heavy atom. The normalized spacial score (nSPS) is 48.0. The smallest absolute Gasteiger partial charge is 0.0701 e. The molecule has 0 amide bonds. The number of hydrogen-bond acceptors (Lipinski definition) is 1. The van der Waals surface area contributed by atoms with E-state index in [1.165, 1.54) is 44.9 Å². The van der Waals surface area contributed by atoms with Crippen molar-refractivity contribution in [1.82, 2.24) is 0 Å². The van der Waals surface area contributed by atoms with Crippen LogP contribution in [0, 0.1) is 23.7 Å². The molecule has 2 aliphatic rings. The van der Waals surface area contributed by atoms with E-state index in [1.54, 1.807) is 0 Å². The second-order valence-corrected chi connectivity index (χ2v) is 6.90. The lowest BCUT2D eigenvalue weighted by molar-refractivity contribution is -0.110. The van der Waals surface area contributed by atoms with Gasteiger partial charge in [-0.2, -0.15) is 0 Å². The minimum absolute atomic E-state index is 0.328. The minimum Gasteiger partial charge on any atom is -0.389 e. The molecule has 0 spiro atoms. The van der Waals surface area contributed by atoms with Gasteiger partial charge in [0.25, 0.3) is 0 Å². The lowest BCUT2D eigenvalue weighted by atomic mass is 9.62. The summed E-state index contributed by atoms with van der Waals surface area (Å²) >= 11 is 0. The molecule has 1 nitrogen and oxygen atoms in total. The highest BCUT2D eigenvalue weighted by molar-refractivity contribution is 4.96. The monoisotopic (exact) mass is 238 g/mol. The molecular weight excluding hydrogens is 208 g/mol. The molecule has 2 aliphatic carbocycles. The Morgan fingerprint density at radius 3 is 2.24 bits per heavy atom. The molecule has 0 bridgehead atoms. The average molecular weight is 238 g/mol. The van der Waals surface area contributed by atoms with Crippen LogP contribution in [0.4, 0.5) is 0 Å². The summed E-state index contributed by atoms with van der Waals surface area (Å²) in [5, 5.41) is 11.0. The third-order valence-corrected chi connectivity index (χ3v) is 5.78. The predicted octanol–water partition coefficient (Wildman–Crippen LogP) is 4.39. The lowest BCUT2D eigenvalue weighted by Gasteiger charge is -2.48. The highest BCUT2D eigenvalue weighted by Gasteiger charge is 2.45. The predicted molar refractivity (Wildman–Crippen MR) is 72.9 cm³/mol. The second-order valence-electron chi connectivity index (χ2n) is 6.90. The minimum atomic E-state index is -0.328. The first-order chi connectivity index (χ1) is 8.06. The molecule has 0 aromatic carbocycles. The molecule has 3 unspecified atom stereocenters. The summed E-state index contributed by atoms with van der Waals surface area (Å²) < 4.78 is 0. The van der Waals surface area contributed by atoms with Gasteiger partial charge in [0, 0.05) is 0 Å². The van der Waals surface area contributed by atoms with Gasteiger partial charge in [-0.1, -0.05) is 40.0 Å². The molecule has 100 valence electrons. The molecular formula is C16H30O. The maximum absolute atomic E-state index is 11.0. The summed E-state index contributed by atoms with van der Waals surface area (Å²) in [5.41, 5.74) is -0.328. The molecule has 0 aromatic heterocycles. The van der Waals surface area contributed by atoms with Crippen molar-refractivity contribution in [3.8, 4) is 0 Å². The van der Waals surface area contributed by atoms with Gasteiger partial charge in [-0.3, -0.25) is 0 Å². The van der Waals surface area contributed by atoms with E-state index in [-0.39, 0.29) is 5.60 Å². The van der Waals surface area contributed by atoms with Crippen LogP contribution in [0.3, 0.4) is 0 Å². The van der Waals surface area contributed by atoms with E-state index in [1.807, 2.05) is 0 Å². The zero-order valence-corrected chi connectivity index (χ0v) is 11.9. The summed E-state index contributed by atoms with van der Waals surface area (Å²) in [4.78, 5) is 0. The van der Waals surface area contributed by atoms with Gasteiger partial charge in [-0.15, -0.1) is 0 Å². The van der Waals surface area contributed by atoms with Crippen LogP contribution in [0.5, 0.6) is 0 Å². The maximum Gasteiger partial charge on any atom is 0.0701 e.